The number of carbonyl (C=O) groups is 1. The maximum atomic E-state index is 11.0. The van der Waals surface area contributed by atoms with E-state index in [0.717, 1.165) is 0 Å². The fourth-order valence-electron chi connectivity index (χ4n) is 0.640. The predicted molar refractivity (Wildman–Crippen MR) is 48.5 cm³/mol. The first-order valence-corrected chi connectivity index (χ1v) is 5.55. The van der Waals surface area contributed by atoms with Gasteiger partial charge in [-0.05, 0) is 20.8 Å². The van der Waals surface area contributed by atoms with E-state index in [4.69, 9.17) is 14.5 Å². The number of rotatable bonds is 4. The first kappa shape index (κ1) is 13.6. The lowest BCUT2D eigenvalue weighted by Crippen LogP contribution is -2.24. The van der Waals surface area contributed by atoms with Gasteiger partial charge < -0.3 is 14.5 Å². The van der Waals surface area contributed by atoms with Gasteiger partial charge in [0.25, 0.3) is 0 Å². The average Bonchev–Trinajstić information content (AvgIpc) is 1.78. The van der Waals surface area contributed by atoms with Crippen LogP contribution in [0, 0.1) is 0 Å². The van der Waals surface area contributed by atoms with Crippen LogP contribution < -0.4 is 0 Å². The first-order chi connectivity index (χ1) is 6.10. The molecule has 0 saturated carbocycles. The standard InChI is InChI=1S/C7H15O6P/c1-7(2,3)13-6(8)4-5-12-14(9,10)11/h4-5H2,1-3H3,(H2,9,10,11). The van der Waals surface area contributed by atoms with Crippen LogP contribution in [0.2, 0.25) is 0 Å². The molecule has 6 nitrogen and oxygen atoms in total. The summed E-state index contributed by atoms with van der Waals surface area (Å²) in [5.41, 5.74) is -0.598. The Bertz CT molecular complexity index is 237. The van der Waals surface area contributed by atoms with Gasteiger partial charge in [-0.1, -0.05) is 0 Å². The van der Waals surface area contributed by atoms with E-state index in [1.165, 1.54) is 0 Å². The number of esters is 1. The quantitative estimate of drug-likeness (QED) is 0.544. The average molecular weight is 226 g/mol. The minimum Gasteiger partial charge on any atom is -0.460 e. The number of hydrogen-bond acceptors (Lipinski definition) is 4. The third kappa shape index (κ3) is 9.67. The van der Waals surface area contributed by atoms with E-state index in [2.05, 4.69) is 4.52 Å². The minimum atomic E-state index is -4.48. The van der Waals surface area contributed by atoms with Crippen LogP contribution >= 0.6 is 7.82 Å². The van der Waals surface area contributed by atoms with Gasteiger partial charge in [0.05, 0.1) is 13.0 Å². The second-order valence-corrected chi connectivity index (χ2v) is 4.90. The Labute approximate surface area is 82.5 Å². The van der Waals surface area contributed by atoms with E-state index in [9.17, 15) is 9.36 Å². The number of hydrogen-bond donors (Lipinski definition) is 2. The van der Waals surface area contributed by atoms with Gasteiger partial charge in [0.2, 0.25) is 0 Å². The number of phosphoric ester groups is 1. The Hall–Kier alpha value is -0.420. The summed E-state index contributed by atoms with van der Waals surface area (Å²) >= 11 is 0. The van der Waals surface area contributed by atoms with E-state index in [0.29, 0.717) is 0 Å². The second-order valence-electron chi connectivity index (χ2n) is 3.66. The maximum Gasteiger partial charge on any atom is 0.469 e. The fraction of sp³-hybridized carbons (Fsp3) is 0.857. The molecule has 0 fully saturated rings. The summed E-state index contributed by atoms with van der Waals surface area (Å²) in [4.78, 5) is 27.6. The molecule has 0 aliphatic rings. The Morgan fingerprint density at radius 3 is 2.21 bits per heavy atom. The van der Waals surface area contributed by atoms with Crippen molar-refractivity contribution in [2.45, 2.75) is 32.8 Å². The normalized spacial score (nSPS) is 12.6. The molecule has 84 valence electrons. The fourth-order valence-corrected chi connectivity index (χ4v) is 0.970. The van der Waals surface area contributed by atoms with E-state index >= 15 is 0 Å². The number of carbonyl (C=O) groups excluding carboxylic acids is 1. The summed E-state index contributed by atoms with van der Waals surface area (Å²) < 4.78 is 19.2. The van der Waals surface area contributed by atoms with Crippen molar-refractivity contribution < 1.29 is 28.4 Å². The van der Waals surface area contributed by atoms with Gasteiger partial charge in [0.15, 0.2) is 0 Å². The monoisotopic (exact) mass is 226 g/mol. The molecule has 0 heterocycles. The molecule has 0 atom stereocenters. The molecule has 0 aliphatic carbocycles. The summed E-state index contributed by atoms with van der Waals surface area (Å²) in [5.74, 6) is -0.550. The molecule has 0 rings (SSSR count). The van der Waals surface area contributed by atoms with Crippen molar-refractivity contribution in [2.24, 2.45) is 0 Å². The van der Waals surface area contributed by atoms with Crippen LogP contribution in [0.3, 0.4) is 0 Å². The molecule has 0 amide bonds. The summed E-state index contributed by atoms with van der Waals surface area (Å²) in [6, 6.07) is 0. The zero-order chi connectivity index (χ0) is 11.4. The molecule has 2 N–H and O–H groups in total. The molecule has 14 heavy (non-hydrogen) atoms. The smallest absolute Gasteiger partial charge is 0.460 e. The summed E-state index contributed by atoms with van der Waals surface area (Å²) in [6.07, 6.45) is -0.178. The Balaban J connectivity index is 3.72. The molecule has 0 aromatic carbocycles. The Morgan fingerprint density at radius 2 is 1.86 bits per heavy atom. The third-order valence-corrected chi connectivity index (χ3v) is 1.50. The summed E-state index contributed by atoms with van der Waals surface area (Å²) in [7, 11) is -4.48. The molecule has 7 heteroatoms. The highest BCUT2D eigenvalue weighted by Crippen LogP contribution is 2.35. The van der Waals surface area contributed by atoms with Gasteiger partial charge in [-0.25, -0.2) is 4.57 Å². The van der Waals surface area contributed by atoms with Gasteiger partial charge in [-0.3, -0.25) is 9.32 Å². The molecule has 0 aromatic heterocycles. The minimum absolute atomic E-state index is 0.178. The summed E-state index contributed by atoms with van der Waals surface area (Å²) in [5, 5.41) is 0. The molecule has 0 spiro atoms. The molecular weight excluding hydrogens is 211 g/mol. The second kappa shape index (κ2) is 4.89. The molecule has 0 aliphatic heterocycles. The third-order valence-electron chi connectivity index (χ3n) is 0.986. The van der Waals surface area contributed by atoms with Crippen LogP contribution in [0.15, 0.2) is 0 Å². The predicted octanol–water partition coefficient (Wildman–Crippen LogP) is 0.827. The van der Waals surface area contributed by atoms with Crippen molar-refractivity contribution in [3.8, 4) is 0 Å². The van der Waals surface area contributed by atoms with Gasteiger partial charge in [-0.2, -0.15) is 0 Å². The van der Waals surface area contributed by atoms with Crippen LogP contribution in [0.4, 0.5) is 0 Å². The van der Waals surface area contributed by atoms with E-state index < -0.39 is 19.4 Å². The van der Waals surface area contributed by atoms with E-state index in [1.807, 2.05) is 0 Å². The maximum absolute atomic E-state index is 11.0. The van der Waals surface area contributed by atoms with E-state index in [-0.39, 0.29) is 13.0 Å². The highest BCUT2D eigenvalue weighted by molar-refractivity contribution is 7.46. The lowest BCUT2D eigenvalue weighted by atomic mass is 10.2. The highest BCUT2D eigenvalue weighted by atomic mass is 31.2. The lowest BCUT2D eigenvalue weighted by Gasteiger charge is -2.19. The molecule has 0 bridgehead atoms. The van der Waals surface area contributed by atoms with Gasteiger partial charge in [0.1, 0.15) is 5.60 Å². The van der Waals surface area contributed by atoms with Crippen LogP contribution in [0.5, 0.6) is 0 Å². The molecule has 0 unspecified atom stereocenters. The van der Waals surface area contributed by atoms with Gasteiger partial charge >= 0.3 is 13.8 Å². The number of phosphoric acid groups is 1. The van der Waals surface area contributed by atoms with Gasteiger partial charge in [-0.15, -0.1) is 0 Å². The highest BCUT2D eigenvalue weighted by Gasteiger charge is 2.18. The molecule has 0 radical (unpaired) electrons. The lowest BCUT2D eigenvalue weighted by molar-refractivity contribution is -0.155. The van der Waals surface area contributed by atoms with Crippen molar-refractivity contribution in [1.82, 2.24) is 0 Å². The van der Waals surface area contributed by atoms with Crippen LogP contribution in [-0.2, 0) is 18.6 Å². The van der Waals surface area contributed by atoms with Crippen molar-refractivity contribution in [2.75, 3.05) is 6.61 Å². The molecule has 0 aromatic rings. The van der Waals surface area contributed by atoms with Crippen molar-refractivity contribution in [3.05, 3.63) is 0 Å². The van der Waals surface area contributed by atoms with Crippen LogP contribution in [0.1, 0.15) is 27.2 Å². The zero-order valence-corrected chi connectivity index (χ0v) is 9.28. The molecular formula is C7H15O6P. The Kier molecular flexibility index (Phi) is 4.74. The topological polar surface area (TPSA) is 93.1 Å². The SMILES string of the molecule is CC(C)(C)OC(=O)CCOP(=O)(O)O. The zero-order valence-electron chi connectivity index (χ0n) is 8.39. The van der Waals surface area contributed by atoms with Crippen LogP contribution in [-0.4, -0.2) is 28.0 Å². The van der Waals surface area contributed by atoms with E-state index in [1.54, 1.807) is 20.8 Å². The van der Waals surface area contributed by atoms with Crippen molar-refractivity contribution in [1.29, 1.82) is 0 Å². The first-order valence-electron chi connectivity index (χ1n) is 4.02. The Morgan fingerprint density at radius 1 is 1.36 bits per heavy atom. The molecule has 0 saturated heterocycles. The van der Waals surface area contributed by atoms with Gasteiger partial charge in [0, 0.05) is 0 Å². The largest absolute Gasteiger partial charge is 0.469 e. The van der Waals surface area contributed by atoms with Crippen molar-refractivity contribution >= 4 is 13.8 Å². The summed E-state index contributed by atoms with van der Waals surface area (Å²) in [6.45, 7) is 4.76. The number of ether oxygens (including phenoxy) is 1. The van der Waals surface area contributed by atoms with Crippen molar-refractivity contribution in [3.63, 3.8) is 0 Å². The van der Waals surface area contributed by atoms with Crippen LogP contribution in [0.25, 0.3) is 0 Å².